The predicted octanol–water partition coefficient (Wildman–Crippen LogP) is 5.86. The molecule has 8 heteroatoms. The lowest BCUT2D eigenvalue weighted by atomic mass is 9.96. The number of carbonyl (C=O) groups excluding carboxylic acids is 1. The molecule has 0 saturated carbocycles. The molecule has 7 nitrogen and oxygen atoms in total. The summed E-state index contributed by atoms with van der Waals surface area (Å²) in [4.78, 5) is 17.1. The van der Waals surface area contributed by atoms with Crippen LogP contribution in [-0.4, -0.2) is 41.0 Å². The smallest absolute Gasteiger partial charge is 0.256 e. The third-order valence-corrected chi connectivity index (χ3v) is 11.9. The Kier molecular flexibility index (Phi) is 6.68. The molecule has 3 aromatic rings. The molecular weight excluding hydrogens is 444 g/mol. The second-order valence-electron chi connectivity index (χ2n) is 10.7. The number of nitrogens with one attached hydrogen (secondary N) is 1. The maximum Gasteiger partial charge on any atom is 0.256 e. The molecule has 2 aromatic heterocycles. The van der Waals surface area contributed by atoms with Crippen molar-refractivity contribution < 1.29 is 14.0 Å². The highest BCUT2D eigenvalue weighted by molar-refractivity contribution is 6.74. The van der Waals surface area contributed by atoms with Crippen LogP contribution in [0, 0.1) is 5.92 Å². The van der Waals surface area contributed by atoms with E-state index in [2.05, 4.69) is 63.1 Å². The van der Waals surface area contributed by atoms with Gasteiger partial charge in [-0.1, -0.05) is 52.8 Å². The first-order chi connectivity index (χ1) is 16.0. The molecule has 0 bridgehead atoms. The molecule has 1 aromatic carbocycles. The van der Waals surface area contributed by atoms with Gasteiger partial charge in [-0.05, 0) is 48.8 Å². The molecule has 182 valence electrons. The van der Waals surface area contributed by atoms with E-state index in [-0.39, 0.29) is 35.2 Å². The number of aromatic nitrogens is 3. The molecular formula is C26H36N4O3Si. The van der Waals surface area contributed by atoms with Crippen molar-refractivity contribution in [1.29, 1.82) is 0 Å². The first-order valence-electron chi connectivity index (χ1n) is 12.1. The van der Waals surface area contributed by atoms with Crippen LogP contribution in [0.2, 0.25) is 18.1 Å². The first kappa shape index (κ1) is 24.6. The standard InChI is InChI=1S/C26H36N4O3Si/c1-8-21-17(2)22(33-34(6,7)26(3,4)5)23(32-21)19-14-15-20-24(27-16-28-30(19)20)29-25(31)18-12-10-9-11-13-18/h9-17,21-23H,8H2,1-7H3,(H,27,28,29,31)/t17-,21-,22-,23+/m1/s1. The summed E-state index contributed by atoms with van der Waals surface area (Å²) in [5.41, 5.74) is 2.22. The van der Waals surface area contributed by atoms with Crippen LogP contribution >= 0.6 is 0 Å². The Bertz CT molecular complexity index is 1160. The van der Waals surface area contributed by atoms with Gasteiger partial charge in [0.2, 0.25) is 0 Å². The van der Waals surface area contributed by atoms with Crippen LogP contribution in [-0.2, 0) is 9.16 Å². The van der Waals surface area contributed by atoms with E-state index in [1.165, 1.54) is 6.33 Å². The number of ether oxygens (including phenoxy) is 1. The summed E-state index contributed by atoms with van der Waals surface area (Å²) in [6.07, 6.45) is 2.19. The van der Waals surface area contributed by atoms with Crippen LogP contribution in [0.1, 0.15) is 63.2 Å². The van der Waals surface area contributed by atoms with Gasteiger partial charge in [0.15, 0.2) is 14.1 Å². The Labute approximate surface area is 203 Å². The van der Waals surface area contributed by atoms with Gasteiger partial charge in [-0.2, -0.15) is 5.10 Å². The Morgan fingerprint density at radius 3 is 2.53 bits per heavy atom. The van der Waals surface area contributed by atoms with Crippen LogP contribution in [0.3, 0.4) is 0 Å². The maximum absolute atomic E-state index is 12.7. The summed E-state index contributed by atoms with van der Waals surface area (Å²) in [7, 11) is -2.03. The van der Waals surface area contributed by atoms with Gasteiger partial charge in [-0.3, -0.25) is 4.79 Å². The SMILES string of the molecule is CC[C@H]1O[C@@H](c2ccc3c(NC(=O)c4ccccc4)ncnn23)[C@H](O[Si](C)(C)C(C)(C)C)[C@@H]1C. The zero-order chi connectivity index (χ0) is 24.7. The fraction of sp³-hybridized carbons (Fsp3) is 0.500. The number of fused-ring (bicyclic) bond motifs is 1. The zero-order valence-corrected chi connectivity index (χ0v) is 22.2. The largest absolute Gasteiger partial charge is 0.410 e. The van der Waals surface area contributed by atoms with Crippen molar-refractivity contribution in [3.8, 4) is 0 Å². The molecule has 4 atom stereocenters. The molecule has 0 radical (unpaired) electrons. The minimum Gasteiger partial charge on any atom is -0.410 e. The Morgan fingerprint density at radius 2 is 1.88 bits per heavy atom. The second kappa shape index (κ2) is 9.24. The number of nitrogens with zero attached hydrogens (tertiary/aromatic N) is 3. The van der Waals surface area contributed by atoms with Gasteiger partial charge in [0.1, 0.15) is 17.9 Å². The van der Waals surface area contributed by atoms with Gasteiger partial charge < -0.3 is 14.5 Å². The summed E-state index contributed by atoms with van der Waals surface area (Å²) >= 11 is 0. The molecule has 1 amide bonds. The van der Waals surface area contributed by atoms with E-state index in [0.29, 0.717) is 11.4 Å². The number of hydrogen-bond acceptors (Lipinski definition) is 5. The summed E-state index contributed by atoms with van der Waals surface area (Å²) in [6, 6.07) is 13.1. The zero-order valence-electron chi connectivity index (χ0n) is 21.2. The normalized spacial score (nSPS) is 23.4. The number of anilines is 1. The van der Waals surface area contributed by atoms with Gasteiger partial charge in [0.05, 0.1) is 17.9 Å². The van der Waals surface area contributed by atoms with Crippen molar-refractivity contribution in [3.63, 3.8) is 0 Å². The molecule has 1 aliphatic heterocycles. The summed E-state index contributed by atoms with van der Waals surface area (Å²) in [6.45, 7) is 15.7. The molecule has 3 heterocycles. The quantitative estimate of drug-likeness (QED) is 0.447. The number of amides is 1. The lowest BCUT2D eigenvalue weighted by Crippen LogP contribution is -2.46. The Morgan fingerprint density at radius 1 is 1.18 bits per heavy atom. The fourth-order valence-electron chi connectivity index (χ4n) is 4.30. The Balaban J connectivity index is 1.68. The van der Waals surface area contributed by atoms with Crippen LogP contribution in [0.15, 0.2) is 48.8 Å². The molecule has 0 unspecified atom stereocenters. The molecule has 1 saturated heterocycles. The van der Waals surface area contributed by atoms with Crippen molar-refractivity contribution >= 4 is 25.6 Å². The molecule has 1 N–H and O–H groups in total. The van der Waals surface area contributed by atoms with Crippen molar-refractivity contribution in [2.75, 3.05) is 5.32 Å². The lowest BCUT2D eigenvalue weighted by molar-refractivity contribution is 0.00738. The van der Waals surface area contributed by atoms with Crippen LogP contribution in [0.4, 0.5) is 5.82 Å². The molecule has 1 fully saturated rings. The van der Waals surface area contributed by atoms with Gasteiger partial charge in [-0.15, -0.1) is 0 Å². The van der Waals surface area contributed by atoms with E-state index in [4.69, 9.17) is 9.16 Å². The first-order valence-corrected chi connectivity index (χ1v) is 15.0. The van der Waals surface area contributed by atoms with E-state index in [1.54, 1.807) is 12.1 Å². The van der Waals surface area contributed by atoms with Crippen molar-refractivity contribution in [1.82, 2.24) is 14.6 Å². The Hall–Kier alpha value is -2.55. The van der Waals surface area contributed by atoms with Crippen LogP contribution in [0.5, 0.6) is 0 Å². The van der Waals surface area contributed by atoms with E-state index < -0.39 is 8.32 Å². The lowest BCUT2D eigenvalue weighted by Gasteiger charge is -2.40. The minimum absolute atomic E-state index is 0.0683. The predicted molar refractivity (Wildman–Crippen MR) is 137 cm³/mol. The number of hydrogen-bond donors (Lipinski definition) is 1. The van der Waals surface area contributed by atoms with E-state index in [1.807, 2.05) is 34.8 Å². The second-order valence-corrected chi connectivity index (χ2v) is 15.4. The van der Waals surface area contributed by atoms with Crippen molar-refractivity contribution in [2.24, 2.45) is 5.92 Å². The van der Waals surface area contributed by atoms with Gasteiger partial charge in [0.25, 0.3) is 5.91 Å². The van der Waals surface area contributed by atoms with E-state index in [0.717, 1.165) is 17.6 Å². The van der Waals surface area contributed by atoms with Crippen molar-refractivity contribution in [2.45, 2.75) is 77.5 Å². The molecule has 4 rings (SSSR count). The number of carbonyl (C=O) groups is 1. The molecule has 0 aliphatic carbocycles. The molecule has 1 aliphatic rings. The molecule has 0 spiro atoms. The maximum atomic E-state index is 12.7. The summed E-state index contributed by atoms with van der Waals surface area (Å²) in [5.74, 6) is 0.517. The third-order valence-electron chi connectivity index (χ3n) is 7.40. The number of rotatable bonds is 6. The van der Waals surface area contributed by atoms with Crippen LogP contribution in [0.25, 0.3) is 5.52 Å². The summed E-state index contributed by atoms with van der Waals surface area (Å²) in [5, 5.41) is 7.54. The monoisotopic (exact) mass is 480 g/mol. The summed E-state index contributed by atoms with van der Waals surface area (Å²) < 4.78 is 15.3. The van der Waals surface area contributed by atoms with Gasteiger partial charge >= 0.3 is 0 Å². The average Bonchev–Trinajstić information content (AvgIpc) is 3.35. The highest BCUT2D eigenvalue weighted by atomic mass is 28.4. The van der Waals surface area contributed by atoms with E-state index >= 15 is 0 Å². The third kappa shape index (κ3) is 4.54. The minimum atomic E-state index is -2.03. The highest BCUT2D eigenvalue weighted by Crippen LogP contribution is 2.46. The molecule has 34 heavy (non-hydrogen) atoms. The topological polar surface area (TPSA) is 77.8 Å². The average molecular weight is 481 g/mol. The highest BCUT2D eigenvalue weighted by Gasteiger charge is 2.49. The van der Waals surface area contributed by atoms with Gasteiger partial charge in [0, 0.05) is 11.5 Å². The van der Waals surface area contributed by atoms with Gasteiger partial charge in [-0.25, -0.2) is 9.50 Å². The van der Waals surface area contributed by atoms with Crippen molar-refractivity contribution in [3.05, 3.63) is 60.0 Å². The van der Waals surface area contributed by atoms with E-state index in [9.17, 15) is 4.79 Å². The number of benzene rings is 1. The fourth-order valence-corrected chi connectivity index (χ4v) is 5.68. The van der Waals surface area contributed by atoms with Crippen LogP contribution < -0.4 is 5.32 Å².